The van der Waals surface area contributed by atoms with Crippen LogP contribution in [0.5, 0.6) is 0 Å². The predicted octanol–water partition coefficient (Wildman–Crippen LogP) is 3.37. The molecule has 6 heteroatoms. The highest BCUT2D eigenvalue weighted by Crippen LogP contribution is 2.36. The predicted molar refractivity (Wildman–Crippen MR) is 97.5 cm³/mol. The van der Waals surface area contributed by atoms with Gasteiger partial charge in [0.15, 0.2) is 0 Å². The van der Waals surface area contributed by atoms with Crippen molar-refractivity contribution in [3.05, 3.63) is 5.21 Å². The van der Waals surface area contributed by atoms with Crippen molar-refractivity contribution in [2.45, 2.75) is 73.8 Å². The third kappa shape index (κ3) is 4.26. The molecule has 23 heavy (non-hydrogen) atoms. The summed E-state index contributed by atoms with van der Waals surface area (Å²) < 4.78 is 0.136. The van der Waals surface area contributed by atoms with E-state index in [1.54, 1.807) is 0 Å². The lowest BCUT2D eigenvalue weighted by atomic mass is 9.77. The maximum Gasteiger partial charge on any atom is 0.149 e. The molecule has 0 aromatic carbocycles. The number of rotatable bonds is 4. The second-order valence-corrected chi connectivity index (χ2v) is 9.19. The van der Waals surface area contributed by atoms with Gasteiger partial charge in [-0.1, -0.05) is 35.4 Å². The first-order valence-electron chi connectivity index (χ1n) is 9.12. The molecule has 1 heterocycles. The van der Waals surface area contributed by atoms with E-state index < -0.39 is 6.04 Å². The summed E-state index contributed by atoms with van der Waals surface area (Å²) >= 11 is 2.22. The number of hydrogen-bond donors (Lipinski definition) is 1. The summed E-state index contributed by atoms with van der Waals surface area (Å²) in [7, 11) is 0. The molecular weight excluding hydrogens is 407 g/mol. The van der Waals surface area contributed by atoms with Gasteiger partial charge in [-0.05, 0) is 57.4 Å². The highest BCUT2D eigenvalue weighted by molar-refractivity contribution is 14.1. The van der Waals surface area contributed by atoms with Gasteiger partial charge in [0.25, 0.3) is 0 Å². The Kier molecular flexibility index (Phi) is 6.34. The van der Waals surface area contributed by atoms with Crippen LogP contribution in [0.1, 0.15) is 57.8 Å². The van der Waals surface area contributed by atoms with Crippen molar-refractivity contribution in [1.82, 2.24) is 10.1 Å². The fourth-order valence-electron chi connectivity index (χ4n) is 4.88. The number of likely N-dealkylation sites (tertiary alicyclic amines) is 1. The van der Waals surface area contributed by atoms with Gasteiger partial charge in [0, 0.05) is 21.9 Å². The van der Waals surface area contributed by atoms with Crippen LogP contribution >= 0.6 is 22.6 Å². The van der Waals surface area contributed by atoms with E-state index in [2.05, 4.69) is 27.5 Å². The van der Waals surface area contributed by atoms with Crippen LogP contribution in [0.3, 0.4) is 0 Å². The van der Waals surface area contributed by atoms with Crippen molar-refractivity contribution in [3.8, 4) is 0 Å². The van der Waals surface area contributed by atoms with Crippen LogP contribution in [-0.2, 0) is 4.79 Å². The average molecular weight is 435 g/mol. The molecule has 5 atom stereocenters. The summed E-state index contributed by atoms with van der Waals surface area (Å²) in [6.07, 6.45) is 9.96. The van der Waals surface area contributed by atoms with Crippen molar-refractivity contribution < 1.29 is 10.0 Å². The summed E-state index contributed by atoms with van der Waals surface area (Å²) in [4.78, 5) is 15.2. The number of hydroxylamine groups is 2. The van der Waals surface area contributed by atoms with Crippen molar-refractivity contribution in [2.75, 3.05) is 13.1 Å². The lowest BCUT2D eigenvalue weighted by Gasteiger charge is -2.45. The lowest BCUT2D eigenvalue weighted by Crippen LogP contribution is -2.50. The largest absolute Gasteiger partial charge is 0.762 e. The second-order valence-electron chi connectivity index (χ2n) is 7.59. The van der Waals surface area contributed by atoms with E-state index in [0.29, 0.717) is 19.0 Å². The minimum Gasteiger partial charge on any atom is -0.762 e. The molecule has 0 aromatic heterocycles. The van der Waals surface area contributed by atoms with E-state index in [1.807, 2.05) is 0 Å². The van der Waals surface area contributed by atoms with E-state index in [9.17, 15) is 15.2 Å². The normalized spacial score (nSPS) is 39.2. The van der Waals surface area contributed by atoms with E-state index in [4.69, 9.17) is 0 Å². The first-order chi connectivity index (χ1) is 11.1. The topological polar surface area (TPSA) is 66.8 Å². The molecular formula is C17H28IN2O3-. The molecule has 132 valence electrons. The fraction of sp³-hybridized carbons (Fsp3) is 0.941. The van der Waals surface area contributed by atoms with Gasteiger partial charge in [0.1, 0.15) is 5.78 Å². The van der Waals surface area contributed by atoms with Gasteiger partial charge in [-0.25, -0.2) is 0 Å². The summed E-state index contributed by atoms with van der Waals surface area (Å²) in [5, 5.41) is 20.7. The molecule has 2 saturated carbocycles. The second kappa shape index (κ2) is 8.08. The molecule has 2 aliphatic carbocycles. The number of hydrogen-bond acceptors (Lipinski definition) is 5. The van der Waals surface area contributed by atoms with Gasteiger partial charge in [-0.3, -0.25) is 14.9 Å². The fourth-order valence-corrected chi connectivity index (χ4v) is 5.81. The number of Topliss-reactive ketones (excluding diaryl/α,β-unsaturated/α-hetero) is 1. The van der Waals surface area contributed by atoms with Gasteiger partial charge < -0.3 is 10.4 Å². The van der Waals surface area contributed by atoms with Crippen LogP contribution in [0.2, 0.25) is 0 Å². The number of carbonyl (C=O) groups is 1. The van der Waals surface area contributed by atoms with Crippen LogP contribution in [0.15, 0.2) is 0 Å². The van der Waals surface area contributed by atoms with Gasteiger partial charge in [-0.15, -0.1) is 0 Å². The molecule has 5 unspecified atom stereocenters. The Hall–Kier alpha value is 0.240. The zero-order valence-corrected chi connectivity index (χ0v) is 15.9. The minimum atomic E-state index is -0.429. The number of halogens is 1. The highest BCUT2D eigenvalue weighted by atomic mass is 127. The van der Waals surface area contributed by atoms with Gasteiger partial charge in [0.2, 0.25) is 0 Å². The number of alkyl halides is 1. The average Bonchev–Trinajstić information content (AvgIpc) is 2.55. The number of piperidine rings is 1. The summed E-state index contributed by atoms with van der Waals surface area (Å²) in [6, 6.07) is 0.175. The molecule has 0 aromatic rings. The molecule has 0 bridgehead atoms. The van der Waals surface area contributed by atoms with Crippen molar-refractivity contribution in [1.29, 1.82) is 0 Å². The van der Waals surface area contributed by atoms with Crippen molar-refractivity contribution in [3.63, 3.8) is 0 Å². The molecule has 1 saturated heterocycles. The van der Waals surface area contributed by atoms with Gasteiger partial charge >= 0.3 is 0 Å². The SMILES string of the molecule is O=C(CN1CCCC2CCCCC21)C1CCC(I)C(N([O-])O)C1. The Balaban J connectivity index is 1.57. The smallest absolute Gasteiger partial charge is 0.149 e. The zero-order chi connectivity index (χ0) is 16.4. The first-order valence-corrected chi connectivity index (χ1v) is 10.4. The minimum absolute atomic E-state index is 0.0569. The molecule has 3 aliphatic rings. The molecule has 5 nitrogen and oxygen atoms in total. The lowest BCUT2D eigenvalue weighted by molar-refractivity contribution is -0.130. The van der Waals surface area contributed by atoms with Crippen LogP contribution in [0.25, 0.3) is 0 Å². The van der Waals surface area contributed by atoms with Gasteiger partial charge in [-0.2, -0.15) is 0 Å². The quantitative estimate of drug-likeness (QED) is 0.417. The van der Waals surface area contributed by atoms with E-state index in [-0.39, 0.29) is 20.9 Å². The molecule has 1 N–H and O–H groups in total. The van der Waals surface area contributed by atoms with Crippen LogP contribution in [0, 0.1) is 17.0 Å². The third-order valence-corrected chi connectivity index (χ3v) is 7.64. The Morgan fingerprint density at radius 1 is 1.17 bits per heavy atom. The molecule has 0 spiro atoms. The molecule has 0 radical (unpaired) electrons. The van der Waals surface area contributed by atoms with Gasteiger partial charge in [0.05, 0.1) is 6.54 Å². The molecule has 3 fully saturated rings. The Morgan fingerprint density at radius 3 is 2.70 bits per heavy atom. The molecule has 1 aliphatic heterocycles. The van der Waals surface area contributed by atoms with Crippen LogP contribution < -0.4 is 0 Å². The van der Waals surface area contributed by atoms with E-state index in [0.717, 1.165) is 25.3 Å². The number of nitrogens with zero attached hydrogens (tertiary/aromatic N) is 2. The highest BCUT2D eigenvalue weighted by Gasteiger charge is 2.37. The van der Waals surface area contributed by atoms with E-state index in [1.165, 1.54) is 38.5 Å². The summed E-state index contributed by atoms with van der Waals surface area (Å²) in [5.41, 5.74) is 0. The van der Waals surface area contributed by atoms with Crippen molar-refractivity contribution >= 4 is 28.4 Å². The van der Waals surface area contributed by atoms with Crippen molar-refractivity contribution in [2.24, 2.45) is 11.8 Å². The first kappa shape index (κ1) is 18.0. The third-order valence-electron chi connectivity index (χ3n) is 6.19. The zero-order valence-electron chi connectivity index (χ0n) is 13.7. The van der Waals surface area contributed by atoms with E-state index >= 15 is 0 Å². The standard InChI is InChI=1S/C17H28IN2O3/c18-14-8-7-13(10-16(14)20(22)23)17(21)11-19-9-3-5-12-4-1-2-6-15(12)19/h12-16,22H,1-11H2/q-1. The Morgan fingerprint density at radius 2 is 1.91 bits per heavy atom. The summed E-state index contributed by atoms with van der Waals surface area (Å²) in [6.45, 7) is 1.60. The van der Waals surface area contributed by atoms with Crippen LogP contribution in [0.4, 0.5) is 0 Å². The summed E-state index contributed by atoms with van der Waals surface area (Å²) in [5.74, 6) is 1.02. The number of carbonyl (C=O) groups excluding carboxylic acids is 1. The Bertz CT molecular complexity index is 419. The number of fused-ring (bicyclic) bond motifs is 1. The number of ketones is 1. The monoisotopic (exact) mass is 435 g/mol. The van der Waals surface area contributed by atoms with Crippen LogP contribution in [-0.4, -0.2) is 50.2 Å². The molecule has 0 amide bonds. The maximum absolute atomic E-state index is 12.8. The molecule has 3 rings (SSSR count). The maximum atomic E-state index is 12.8. The Labute approximate surface area is 152 Å².